The highest BCUT2D eigenvalue weighted by Gasteiger charge is 2.64. The van der Waals surface area contributed by atoms with E-state index in [-0.39, 0.29) is 52.9 Å². The molecule has 5 rings (SSSR count). The summed E-state index contributed by atoms with van der Waals surface area (Å²) in [5.74, 6) is -7.33. The van der Waals surface area contributed by atoms with Crippen molar-refractivity contribution in [1.29, 1.82) is 0 Å². The summed E-state index contributed by atoms with van der Waals surface area (Å²) in [7, 11) is -4.14. The maximum absolute atomic E-state index is 13.7. The van der Waals surface area contributed by atoms with E-state index in [9.17, 15) is 46.5 Å². The third-order valence-electron chi connectivity index (χ3n) is 8.52. The van der Waals surface area contributed by atoms with Gasteiger partial charge in [-0.2, -0.15) is 0 Å². The molecule has 5 N–H and O–H groups in total. The number of benzene rings is 2. The number of rotatable bonds is 9. The number of nitrogens with one attached hydrogen (secondary N) is 2. The average molecular weight is 633 g/mol. The first-order valence-electron chi connectivity index (χ1n) is 13.2. The first kappa shape index (κ1) is 32.2. The average Bonchev–Trinajstić information content (AvgIpc) is 2.90. The number of hydrogen-bond donors (Lipinski definition) is 5. The maximum atomic E-state index is 13.7. The summed E-state index contributed by atoms with van der Waals surface area (Å²) in [6, 6.07) is 4.62. The van der Waals surface area contributed by atoms with Crippen LogP contribution >= 0.6 is 11.6 Å². The van der Waals surface area contributed by atoms with Gasteiger partial charge in [-0.15, -0.1) is 0 Å². The number of fused-ring (bicyclic) bond motifs is 2. The van der Waals surface area contributed by atoms with E-state index in [0.29, 0.717) is 12.1 Å². The van der Waals surface area contributed by atoms with Gasteiger partial charge in [0.25, 0.3) is 5.91 Å². The van der Waals surface area contributed by atoms with Gasteiger partial charge in [-0.1, -0.05) is 18.5 Å². The van der Waals surface area contributed by atoms with Crippen molar-refractivity contribution in [3.8, 4) is 0 Å². The smallest absolute Gasteiger partial charge is 0.255 e. The fraction of sp³-hybridized carbons (Fsp3) is 0.500. The second kappa shape index (κ2) is 11.4. The fourth-order valence-corrected chi connectivity index (χ4v) is 8.37. The molecule has 9 nitrogen and oxygen atoms in total. The van der Waals surface area contributed by atoms with Crippen LogP contribution in [0.25, 0.3) is 0 Å². The molecule has 42 heavy (non-hydrogen) atoms. The van der Waals surface area contributed by atoms with E-state index in [2.05, 4.69) is 10.6 Å². The number of carbonyl (C=O) groups excluding carboxylic acids is 2. The number of amides is 2. The SMILES string of the molecule is CC1C2CC(S(=O)(=O)c3cc(C(=O)Nc4cc(F)c(F)c(F)c4)ccc3Cl)CC1C2(O)CC(=O)NCC(O)C(C)(C)O. The van der Waals surface area contributed by atoms with E-state index >= 15 is 0 Å². The zero-order valence-electron chi connectivity index (χ0n) is 23.0. The van der Waals surface area contributed by atoms with E-state index in [1.54, 1.807) is 0 Å². The van der Waals surface area contributed by atoms with Gasteiger partial charge in [0.1, 0.15) is 0 Å². The molecule has 2 aromatic carbocycles. The van der Waals surface area contributed by atoms with Crippen molar-refractivity contribution < 1.29 is 46.5 Å². The molecule has 3 saturated carbocycles. The van der Waals surface area contributed by atoms with Crippen molar-refractivity contribution in [3.63, 3.8) is 0 Å². The molecule has 2 amide bonds. The normalized spacial score (nSPS) is 26.2. The molecule has 0 heterocycles. The summed E-state index contributed by atoms with van der Waals surface area (Å²) in [6.45, 7) is 4.41. The van der Waals surface area contributed by atoms with Crippen molar-refractivity contribution >= 4 is 38.9 Å². The Morgan fingerprint density at radius 1 is 1.12 bits per heavy atom. The Hall–Kier alpha value is -2.71. The van der Waals surface area contributed by atoms with Crippen LogP contribution in [0.3, 0.4) is 0 Å². The minimum absolute atomic E-state index is 0.0248. The molecule has 0 spiro atoms. The molecule has 3 fully saturated rings. The van der Waals surface area contributed by atoms with Crippen LogP contribution in [0.5, 0.6) is 0 Å². The second-order valence-electron chi connectivity index (χ2n) is 11.7. The summed E-state index contributed by atoms with van der Waals surface area (Å²) in [4.78, 5) is 25.0. The number of halogens is 4. The van der Waals surface area contributed by atoms with Crippen LogP contribution < -0.4 is 10.6 Å². The van der Waals surface area contributed by atoms with Gasteiger partial charge in [0.2, 0.25) is 5.91 Å². The van der Waals surface area contributed by atoms with Crippen LogP contribution in [0.2, 0.25) is 5.02 Å². The summed E-state index contributed by atoms with van der Waals surface area (Å²) < 4.78 is 67.7. The lowest BCUT2D eigenvalue weighted by molar-refractivity contribution is -0.219. The molecule has 3 aliphatic rings. The minimum atomic E-state index is -4.14. The minimum Gasteiger partial charge on any atom is -0.389 e. The predicted molar refractivity (Wildman–Crippen MR) is 147 cm³/mol. The van der Waals surface area contributed by atoms with Crippen LogP contribution in [0.1, 0.15) is 50.4 Å². The maximum Gasteiger partial charge on any atom is 0.255 e. The monoisotopic (exact) mass is 632 g/mol. The van der Waals surface area contributed by atoms with Gasteiger partial charge in [-0.3, -0.25) is 9.59 Å². The number of anilines is 1. The molecule has 3 unspecified atom stereocenters. The molecule has 0 saturated heterocycles. The van der Waals surface area contributed by atoms with Crippen LogP contribution in [-0.4, -0.2) is 64.7 Å². The van der Waals surface area contributed by atoms with Gasteiger partial charge in [0.05, 0.1) is 38.9 Å². The lowest BCUT2D eigenvalue weighted by Gasteiger charge is -2.62. The molecule has 14 heteroatoms. The van der Waals surface area contributed by atoms with Crippen molar-refractivity contribution in [1.82, 2.24) is 5.32 Å². The van der Waals surface area contributed by atoms with Gasteiger partial charge in [-0.25, -0.2) is 21.6 Å². The van der Waals surface area contributed by atoms with Gasteiger partial charge in [-0.05, 0) is 62.6 Å². The first-order chi connectivity index (χ1) is 19.4. The highest BCUT2D eigenvalue weighted by Crippen LogP contribution is 2.60. The molecular formula is C28H32ClF3N2O7S. The van der Waals surface area contributed by atoms with E-state index in [1.165, 1.54) is 26.0 Å². The highest BCUT2D eigenvalue weighted by molar-refractivity contribution is 7.92. The summed E-state index contributed by atoms with van der Waals surface area (Å²) in [5, 5.41) is 34.7. The van der Waals surface area contributed by atoms with Gasteiger partial charge in [0, 0.05) is 29.9 Å². The van der Waals surface area contributed by atoms with E-state index < -0.39 is 73.5 Å². The van der Waals surface area contributed by atoms with Crippen LogP contribution in [0, 0.1) is 35.2 Å². The highest BCUT2D eigenvalue weighted by atomic mass is 35.5. The Labute approximate surface area is 246 Å². The zero-order chi connectivity index (χ0) is 31.4. The summed E-state index contributed by atoms with van der Waals surface area (Å²) in [6.07, 6.45) is -1.49. The molecule has 230 valence electrons. The van der Waals surface area contributed by atoms with E-state index in [4.69, 9.17) is 11.6 Å². The fourth-order valence-electron chi connectivity index (χ4n) is 6.02. The van der Waals surface area contributed by atoms with Crippen molar-refractivity contribution in [2.24, 2.45) is 17.8 Å². The second-order valence-corrected chi connectivity index (χ2v) is 14.3. The van der Waals surface area contributed by atoms with E-state index in [1.807, 2.05) is 6.92 Å². The van der Waals surface area contributed by atoms with Crippen LogP contribution in [0.15, 0.2) is 35.2 Å². The number of aliphatic hydroxyl groups excluding tert-OH is 1. The number of hydrogen-bond acceptors (Lipinski definition) is 7. The predicted octanol–water partition coefficient (Wildman–Crippen LogP) is 3.20. The topological polar surface area (TPSA) is 153 Å². The molecular weight excluding hydrogens is 601 g/mol. The Morgan fingerprint density at radius 3 is 2.24 bits per heavy atom. The van der Waals surface area contributed by atoms with Crippen LogP contribution in [-0.2, 0) is 14.6 Å². The lowest BCUT2D eigenvalue weighted by atomic mass is 9.47. The van der Waals surface area contributed by atoms with Crippen molar-refractivity contribution in [2.45, 2.75) is 67.5 Å². The molecule has 3 aliphatic carbocycles. The Balaban J connectivity index is 1.48. The summed E-state index contributed by atoms with van der Waals surface area (Å²) >= 11 is 6.22. The third kappa shape index (κ3) is 6.02. The quantitative estimate of drug-likeness (QED) is 0.266. The van der Waals surface area contributed by atoms with Crippen molar-refractivity contribution in [2.75, 3.05) is 11.9 Å². The Morgan fingerprint density at radius 2 is 1.69 bits per heavy atom. The number of sulfone groups is 1. The molecule has 0 aromatic heterocycles. The van der Waals surface area contributed by atoms with Gasteiger partial charge >= 0.3 is 0 Å². The lowest BCUT2D eigenvalue weighted by Crippen LogP contribution is -2.68. The molecule has 2 bridgehead atoms. The Bertz CT molecular complexity index is 1480. The third-order valence-corrected chi connectivity index (χ3v) is 11.2. The zero-order valence-corrected chi connectivity index (χ0v) is 24.6. The van der Waals surface area contributed by atoms with Gasteiger partial charge in [0.15, 0.2) is 27.3 Å². The molecule has 3 atom stereocenters. The van der Waals surface area contributed by atoms with Crippen LogP contribution in [0.4, 0.5) is 18.9 Å². The number of carbonyl (C=O) groups is 2. The molecule has 2 aromatic rings. The summed E-state index contributed by atoms with van der Waals surface area (Å²) in [5.41, 5.74) is -3.46. The Kier molecular flexibility index (Phi) is 8.76. The van der Waals surface area contributed by atoms with E-state index in [0.717, 1.165) is 6.07 Å². The van der Waals surface area contributed by atoms with Crippen molar-refractivity contribution in [3.05, 3.63) is 58.4 Å². The first-order valence-corrected chi connectivity index (χ1v) is 15.2. The molecule has 0 aliphatic heterocycles. The molecule has 0 radical (unpaired) electrons. The van der Waals surface area contributed by atoms with Gasteiger partial charge < -0.3 is 26.0 Å². The largest absolute Gasteiger partial charge is 0.389 e. The standard InChI is InChI=1S/C28H32ClF3N2O7S/c1-13-17-9-16(10-18(13)28(17,39)11-24(36)33-12-23(35)27(2,3)38)42(40,41)22-6-14(4-5-19(22)29)26(37)34-15-7-20(30)25(32)21(31)8-15/h4-8,13,16-18,23,35,38-39H,9-12H2,1-3H3,(H,33,36)(H,34,37). The number of aliphatic hydroxyl groups is 3.